The Kier molecular flexibility index (Phi) is 10.6. The summed E-state index contributed by atoms with van der Waals surface area (Å²) in [5.74, 6) is 0. The van der Waals surface area contributed by atoms with Gasteiger partial charge in [-0.25, -0.2) is 0 Å². The first-order valence-electron chi connectivity index (χ1n) is 23.3. The Morgan fingerprint density at radius 1 is 0.206 bits per heavy atom. The maximum absolute atomic E-state index is 2.39. The van der Waals surface area contributed by atoms with E-state index in [0.29, 0.717) is 0 Å². The van der Waals surface area contributed by atoms with Gasteiger partial charge in [0.2, 0.25) is 0 Å². The summed E-state index contributed by atoms with van der Waals surface area (Å²) in [5.41, 5.74) is 21.1. The molecular formula is C66H46N2. The molecular weight excluding hydrogens is 821 g/mol. The highest BCUT2D eigenvalue weighted by atomic mass is 15.1. The zero-order chi connectivity index (χ0) is 45.2. The van der Waals surface area contributed by atoms with Crippen molar-refractivity contribution in [3.05, 3.63) is 279 Å². The van der Waals surface area contributed by atoms with Crippen LogP contribution in [0.15, 0.2) is 279 Å². The summed E-state index contributed by atoms with van der Waals surface area (Å²) in [5, 5.41) is 2.53. The number of hydrogen-bond acceptors (Lipinski definition) is 1. The van der Waals surface area contributed by atoms with Gasteiger partial charge in [-0.3, -0.25) is 0 Å². The van der Waals surface area contributed by atoms with Crippen molar-refractivity contribution in [3.8, 4) is 72.4 Å². The van der Waals surface area contributed by atoms with Crippen molar-refractivity contribution in [3.63, 3.8) is 0 Å². The van der Waals surface area contributed by atoms with Crippen molar-refractivity contribution in [1.29, 1.82) is 0 Å². The van der Waals surface area contributed by atoms with Gasteiger partial charge in [-0.15, -0.1) is 0 Å². The molecule has 0 saturated carbocycles. The standard InChI is InChI=1S/C66H46N2/c1-3-15-47(16-4-1)52-19-11-21-54(43-52)49-31-37-59(38-32-49)67(60-39-33-50(34-40-60)55-22-12-20-53(44-55)48-17-5-2-6-18-48)61-41-35-51(36-42-61)56-23-13-24-57(45-56)58-25-14-26-62(46-58)68-65-29-9-7-27-63(65)64-28-8-10-30-66(64)68/h1-46H. The van der Waals surface area contributed by atoms with E-state index in [1.54, 1.807) is 0 Å². The minimum absolute atomic E-state index is 1.08. The molecule has 0 amide bonds. The van der Waals surface area contributed by atoms with Crippen molar-refractivity contribution >= 4 is 38.9 Å². The Bertz CT molecular complexity index is 3520. The molecule has 11 aromatic carbocycles. The Morgan fingerprint density at radius 3 is 0.868 bits per heavy atom. The van der Waals surface area contributed by atoms with Gasteiger partial charge in [0.1, 0.15) is 0 Å². The maximum atomic E-state index is 2.39. The lowest BCUT2D eigenvalue weighted by Gasteiger charge is -2.26. The average Bonchev–Trinajstić information content (AvgIpc) is 3.77. The molecule has 0 N–H and O–H groups in total. The molecule has 0 fully saturated rings. The van der Waals surface area contributed by atoms with Gasteiger partial charge in [-0.1, -0.05) is 200 Å². The number of nitrogens with zero attached hydrogens (tertiary/aromatic N) is 2. The monoisotopic (exact) mass is 866 g/mol. The van der Waals surface area contributed by atoms with Crippen molar-refractivity contribution in [2.45, 2.75) is 0 Å². The van der Waals surface area contributed by atoms with Crippen molar-refractivity contribution in [1.82, 2.24) is 4.57 Å². The van der Waals surface area contributed by atoms with Crippen molar-refractivity contribution in [2.75, 3.05) is 4.90 Å². The third-order valence-electron chi connectivity index (χ3n) is 13.2. The van der Waals surface area contributed by atoms with Gasteiger partial charge < -0.3 is 9.47 Å². The minimum atomic E-state index is 1.08. The first-order valence-corrected chi connectivity index (χ1v) is 23.3. The van der Waals surface area contributed by atoms with Crippen molar-refractivity contribution in [2.24, 2.45) is 0 Å². The number of aromatic nitrogens is 1. The first kappa shape index (κ1) is 40.5. The molecule has 0 saturated heterocycles. The van der Waals surface area contributed by atoms with Gasteiger partial charge in [-0.2, -0.15) is 0 Å². The van der Waals surface area contributed by atoms with Gasteiger partial charge in [0.05, 0.1) is 11.0 Å². The SMILES string of the molecule is c1ccc(-c2cccc(-c3ccc(N(c4ccc(-c5cccc(-c6ccccc6)c5)cc4)c4ccc(-c5cccc(-c6cccc(-n7c8ccccc8c8ccccc87)c6)c5)cc4)cc3)c2)cc1. The maximum Gasteiger partial charge on any atom is 0.0541 e. The van der Waals surface area contributed by atoms with Gasteiger partial charge in [0, 0.05) is 33.5 Å². The zero-order valence-corrected chi connectivity index (χ0v) is 37.5. The van der Waals surface area contributed by atoms with Gasteiger partial charge in [0.25, 0.3) is 0 Å². The predicted octanol–water partition coefficient (Wildman–Crippen LogP) is 18.3. The Balaban J connectivity index is 0.876. The van der Waals surface area contributed by atoms with Crippen LogP contribution in [0.1, 0.15) is 0 Å². The second-order valence-electron chi connectivity index (χ2n) is 17.4. The van der Waals surface area contributed by atoms with Crippen LogP contribution in [0.5, 0.6) is 0 Å². The molecule has 2 heteroatoms. The topological polar surface area (TPSA) is 8.17 Å². The highest BCUT2D eigenvalue weighted by molar-refractivity contribution is 6.09. The molecule has 1 heterocycles. The molecule has 0 unspecified atom stereocenters. The molecule has 68 heavy (non-hydrogen) atoms. The van der Waals surface area contributed by atoms with Crippen LogP contribution < -0.4 is 4.90 Å². The quantitative estimate of drug-likeness (QED) is 0.133. The molecule has 12 rings (SSSR count). The second kappa shape index (κ2) is 17.8. The van der Waals surface area contributed by atoms with E-state index in [2.05, 4.69) is 289 Å². The fraction of sp³-hybridized carbons (Fsp3) is 0. The Labute approximate surface area is 397 Å². The molecule has 0 aliphatic rings. The molecule has 12 aromatic rings. The highest BCUT2D eigenvalue weighted by Crippen LogP contribution is 2.40. The third kappa shape index (κ3) is 7.85. The van der Waals surface area contributed by atoms with Crippen LogP contribution in [0.2, 0.25) is 0 Å². The van der Waals surface area contributed by atoms with E-state index in [4.69, 9.17) is 0 Å². The fourth-order valence-electron chi connectivity index (χ4n) is 9.78. The lowest BCUT2D eigenvalue weighted by Crippen LogP contribution is -2.09. The van der Waals surface area contributed by atoms with Crippen LogP contribution >= 0.6 is 0 Å². The Hall–Kier alpha value is -8.98. The number of para-hydroxylation sites is 2. The molecule has 2 nitrogen and oxygen atoms in total. The largest absolute Gasteiger partial charge is 0.311 e. The smallest absolute Gasteiger partial charge is 0.0541 e. The lowest BCUT2D eigenvalue weighted by atomic mass is 9.98. The van der Waals surface area contributed by atoms with Crippen molar-refractivity contribution < 1.29 is 0 Å². The molecule has 1 aromatic heterocycles. The van der Waals surface area contributed by atoms with Gasteiger partial charge in [-0.05, 0) is 146 Å². The summed E-state index contributed by atoms with van der Waals surface area (Å²) >= 11 is 0. The molecule has 0 aliphatic carbocycles. The zero-order valence-electron chi connectivity index (χ0n) is 37.5. The average molecular weight is 867 g/mol. The van der Waals surface area contributed by atoms with Crippen LogP contribution in [-0.2, 0) is 0 Å². The molecule has 0 spiro atoms. The highest BCUT2D eigenvalue weighted by Gasteiger charge is 2.16. The van der Waals surface area contributed by atoms with Crippen LogP contribution in [0.3, 0.4) is 0 Å². The van der Waals surface area contributed by atoms with Crippen LogP contribution in [0, 0.1) is 0 Å². The summed E-state index contributed by atoms with van der Waals surface area (Å²) < 4.78 is 2.39. The van der Waals surface area contributed by atoms with E-state index in [1.165, 1.54) is 83.0 Å². The molecule has 0 bridgehead atoms. The predicted molar refractivity (Wildman–Crippen MR) is 288 cm³/mol. The minimum Gasteiger partial charge on any atom is -0.311 e. The number of anilines is 3. The summed E-state index contributed by atoms with van der Waals surface area (Å²) in [6.07, 6.45) is 0. The summed E-state index contributed by atoms with van der Waals surface area (Å²) in [7, 11) is 0. The number of hydrogen-bond donors (Lipinski definition) is 0. The number of fused-ring (bicyclic) bond motifs is 3. The fourth-order valence-corrected chi connectivity index (χ4v) is 9.78. The summed E-state index contributed by atoms with van der Waals surface area (Å²) in [6, 6.07) is 101. The van der Waals surface area contributed by atoms with Crippen LogP contribution in [-0.4, -0.2) is 4.57 Å². The molecule has 0 radical (unpaired) electrons. The van der Waals surface area contributed by atoms with E-state index >= 15 is 0 Å². The molecule has 0 atom stereocenters. The Morgan fingerprint density at radius 2 is 0.485 bits per heavy atom. The van der Waals surface area contributed by atoms with E-state index in [-0.39, 0.29) is 0 Å². The summed E-state index contributed by atoms with van der Waals surface area (Å²) in [6.45, 7) is 0. The molecule has 320 valence electrons. The second-order valence-corrected chi connectivity index (χ2v) is 17.4. The van der Waals surface area contributed by atoms with Gasteiger partial charge >= 0.3 is 0 Å². The normalized spacial score (nSPS) is 11.2. The van der Waals surface area contributed by atoms with Crippen LogP contribution in [0.4, 0.5) is 17.1 Å². The summed E-state index contributed by atoms with van der Waals surface area (Å²) in [4.78, 5) is 2.36. The lowest BCUT2D eigenvalue weighted by molar-refractivity contribution is 1.18. The third-order valence-corrected chi connectivity index (χ3v) is 13.2. The van der Waals surface area contributed by atoms with E-state index in [1.807, 2.05) is 0 Å². The molecule has 0 aliphatic heterocycles. The van der Waals surface area contributed by atoms with Gasteiger partial charge in [0.15, 0.2) is 0 Å². The number of benzene rings is 11. The van der Waals surface area contributed by atoms with E-state index < -0.39 is 0 Å². The van der Waals surface area contributed by atoms with E-state index in [0.717, 1.165) is 28.3 Å². The van der Waals surface area contributed by atoms with Crippen LogP contribution in [0.25, 0.3) is 94.3 Å². The number of rotatable bonds is 10. The van der Waals surface area contributed by atoms with E-state index in [9.17, 15) is 0 Å². The first-order chi connectivity index (χ1) is 33.7.